The van der Waals surface area contributed by atoms with Crippen molar-refractivity contribution in [3.8, 4) is 11.5 Å². The summed E-state index contributed by atoms with van der Waals surface area (Å²) in [4.78, 5) is 6.98. The number of thiazole rings is 1. The van der Waals surface area contributed by atoms with Gasteiger partial charge < -0.3 is 14.4 Å². The number of halogens is 2. The van der Waals surface area contributed by atoms with Gasteiger partial charge in [0.1, 0.15) is 4.90 Å². The maximum Gasteiger partial charge on any atom is 0.244 e. The van der Waals surface area contributed by atoms with E-state index in [-0.39, 0.29) is 9.92 Å². The van der Waals surface area contributed by atoms with Crippen molar-refractivity contribution in [1.29, 1.82) is 0 Å². The molecule has 34 heavy (non-hydrogen) atoms. The number of ether oxygens (including phenoxy) is 2. The van der Waals surface area contributed by atoms with Crippen LogP contribution in [0, 0.1) is 6.92 Å². The number of hydrogen-bond donors (Lipinski definition) is 0. The zero-order valence-corrected chi connectivity index (χ0v) is 22.2. The van der Waals surface area contributed by atoms with Gasteiger partial charge in [-0.15, -0.1) is 11.3 Å². The highest BCUT2D eigenvalue weighted by Gasteiger charge is 2.31. The molecule has 0 atom stereocenters. The number of aromatic nitrogens is 1. The monoisotopic (exact) mass is 541 g/mol. The molecule has 0 spiro atoms. The molecular formula is C23H25Cl2N3O4S2. The molecule has 0 bridgehead atoms. The Labute approximate surface area is 213 Å². The first-order valence-electron chi connectivity index (χ1n) is 10.6. The van der Waals surface area contributed by atoms with E-state index in [9.17, 15) is 8.42 Å². The lowest BCUT2D eigenvalue weighted by atomic mass is 10.1. The molecule has 0 N–H and O–H groups in total. The van der Waals surface area contributed by atoms with Crippen molar-refractivity contribution in [2.24, 2.45) is 0 Å². The summed E-state index contributed by atoms with van der Waals surface area (Å²) in [6.07, 6.45) is 0.666. The van der Waals surface area contributed by atoms with Crippen LogP contribution in [-0.4, -0.2) is 58.1 Å². The molecule has 0 radical (unpaired) electrons. The number of aryl methyl sites for hydroxylation is 1. The summed E-state index contributed by atoms with van der Waals surface area (Å²) in [7, 11) is -0.482. The second-order valence-corrected chi connectivity index (χ2v) is 11.5. The van der Waals surface area contributed by atoms with Crippen LogP contribution < -0.4 is 14.4 Å². The average Bonchev–Trinajstić information content (AvgIpc) is 3.29. The lowest BCUT2D eigenvalue weighted by Crippen LogP contribution is -2.48. The van der Waals surface area contributed by atoms with Crippen LogP contribution in [0.5, 0.6) is 11.5 Å². The highest BCUT2D eigenvalue weighted by molar-refractivity contribution is 7.89. The van der Waals surface area contributed by atoms with Crippen molar-refractivity contribution < 1.29 is 17.9 Å². The number of rotatable bonds is 7. The fraction of sp³-hybridized carbons (Fsp3) is 0.348. The molecule has 11 heteroatoms. The van der Waals surface area contributed by atoms with Crippen LogP contribution in [0.3, 0.4) is 0 Å². The molecule has 4 rings (SSSR count). The minimum Gasteiger partial charge on any atom is -0.493 e. The molecule has 1 aliphatic heterocycles. The van der Waals surface area contributed by atoms with Crippen LogP contribution in [0.2, 0.25) is 10.0 Å². The second kappa shape index (κ2) is 10.3. The van der Waals surface area contributed by atoms with Crippen molar-refractivity contribution >= 4 is 49.7 Å². The number of nitrogens with zero attached hydrogens (tertiary/aromatic N) is 3. The van der Waals surface area contributed by atoms with E-state index in [1.165, 1.54) is 16.4 Å². The van der Waals surface area contributed by atoms with E-state index >= 15 is 0 Å². The fourth-order valence-electron chi connectivity index (χ4n) is 3.81. The third-order valence-electron chi connectivity index (χ3n) is 5.71. The molecule has 1 aliphatic rings. The van der Waals surface area contributed by atoms with Crippen LogP contribution in [0.1, 0.15) is 16.8 Å². The molecule has 2 aromatic carbocycles. The zero-order chi connectivity index (χ0) is 24.5. The van der Waals surface area contributed by atoms with Crippen molar-refractivity contribution in [1.82, 2.24) is 9.29 Å². The van der Waals surface area contributed by atoms with Gasteiger partial charge in [0.15, 0.2) is 16.6 Å². The molecule has 0 amide bonds. The standard InChI is InChI=1S/C23H25Cl2N3O4S2/c1-15-10-22(19(25)13-18(15)24)34(29,30)28-8-6-27(7-9-28)23-26-17(14-33-23)11-16-4-5-20(31-2)21(12-16)32-3/h4-5,10,12-14H,6-9,11H2,1-3H3. The van der Waals surface area contributed by atoms with Gasteiger partial charge in [-0.25, -0.2) is 13.4 Å². The zero-order valence-electron chi connectivity index (χ0n) is 19.0. The summed E-state index contributed by atoms with van der Waals surface area (Å²) in [5.41, 5.74) is 2.69. The Hall–Kier alpha value is -2.04. The molecule has 0 saturated carbocycles. The summed E-state index contributed by atoms with van der Waals surface area (Å²) in [5, 5.41) is 3.50. The van der Waals surface area contributed by atoms with E-state index in [1.807, 2.05) is 23.6 Å². The number of sulfonamides is 1. The van der Waals surface area contributed by atoms with E-state index < -0.39 is 10.0 Å². The number of piperazine rings is 1. The van der Waals surface area contributed by atoms with Crippen molar-refractivity contribution in [3.05, 3.63) is 62.6 Å². The SMILES string of the molecule is COc1ccc(Cc2csc(N3CCN(S(=O)(=O)c4cc(C)c(Cl)cc4Cl)CC3)n2)cc1OC. The summed E-state index contributed by atoms with van der Waals surface area (Å²) >= 11 is 13.8. The number of hydrogen-bond acceptors (Lipinski definition) is 7. The highest BCUT2D eigenvalue weighted by atomic mass is 35.5. The first-order chi connectivity index (χ1) is 16.2. The summed E-state index contributed by atoms with van der Waals surface area (Å²) in [5.74, 6) is 1.37. The Bertz CT molecular complexity index is 1290. The predicted molar refractivity (Wildman–Crippen MR) is 137 cm³/mol. The van der Waals surface area contributed by atoms with Crippen LogP contribution in [0.4, 0.5) is 5.13 Å². The van der Waals surface area contributed by atoms with Gasteiger partial charge >= 0.3 is 0 Å². The minimum absolute atomic E-state index is 0.0935. The first kappa shape index (κ1) is 25.1. The third kappa shape index (κ3) is 5.13. The smallest absolute Gasteiger partial charge is 0.244 e. The van der Waals surface area contributed by atoms with Gasteiger partial charge in [0.25, 0.3) is 0 Å². The van der Waals surface area contributed by atoms with E-state index in [0.29, 0.717) is 54.7 Å². The Morgan fingerprint density at radius 3 is 2.38 bits per heavy atom. The molecule has 182 valence electrons. The van der Waals surface area contributed by atoms with Crippen molar-refractivity contribution in [2.45, 2.75) is 18.2 Å². The molecule has 1 saturated heterocycles. The molecule has 3 aromatic rings. The van der Waals surface area contributed by atoms with Gasteiger partial charge in [0.2, 0.25) is 10.0 Å². The largest absolute Gasteiger partial charge is 0.493 e. The quantitative estimate of drug-likeness (QED) is 0.424. The molecule has 0 aliphatic carbocycles. The molecular weight excluding hydrogens is 517 g/mol. The summed E-state index contributed by atoms with van der Waals surface area (Å²) in [6.45, 7) is 3.56. The first-order valence-corrected chi connectivity index (χ1v) is 13.7. The van der Waals surface area contributed by atoms with Crippen molar-refractivity contribution in [2.75, 3.05) is 45.3 Å². The lowest BCUT2D eigenvalue weighted by molar-refractivity contribution is 0.354. The van der Waals surface area contributed by atoms with Crippen LogP contribution in [0.15, 0.2) is 40.6 Å². The number of benzene rings is 2. The summed E-state index contributed by atoms with van der Waals surface area (Å²) < 4.78 is 38.5. The second-order valence-electron chi connectivity index (χ2n) is 7.91. The topological polar surface area (TPSA) is 72.0 Å². The van der Waals surface area contributed by atoms with Gasteiger partial charge in [0, 0.05) is 43.0 Å². The van der Waals surface area contributed by atoms with Gasteiger partial charge in [-0.1, -0.05) is 29.3 Å². The number of methoxy groups -OCH3 is 2. The molecule has 1 aromatic heterocycles. The lowest BCUT2D eigenvalue weighted by Gasteiger charge is -2.34. The van der Waals surface area contributed by atoms with Crippen LogP contribution >= 0.6 is 34.5 Å². The maximum absolute atomic E-state index is 13.2. The van der Waals surface area contributed by atoms with E-state index in [2.05, 4.69) is 4.90 Å². The molecule has 0 unspecified atom stereocenters. The fourth-order valence-corrected chi connectivity index (χ4v) is 6.92. The molecule has 7 nitrogen and oxygen atoms in total. The highest BCUT2D eigenvalue weighted by Crippen LogP contribution is 2.32. The Morgan fingerprint density at radius 2 is 1.71 bits per heavy atom. The van der Waals surface area contributed by atoms with Gasteiger partial charge in [-0.3, -0.25) is 0 Å². The van der Waals surface area contributed by atoms with Gasteiger partial charge in [-0.05, 0) is 42.3 Å². The Kier molecular flexibility index (Phi) is 7.59. The van der Waals surface area contributed by atoms with Crippen LogP contribution in [0.25, 0.3) is 0 Å². The van der Waals surface area contributed by atoms with E-state index in [4.69, 9.17) is 37.7 Å². The molecule has 2 heterocycles. The van der Waals surface area contributed by atoms with Crippen LogP contribution in [-0.2, 0) is 16.4 Å². The van der Waals surface area contributed by atoms with Gasteiger partial charge in [0.05, 0.1) is 24.9 Å². The molecule has 1 fully saturated rings. The van der Waals surface area contributed by atoms with E-state index in [0.717, 1.165) is 16.4 Å². The van der Waals surface area contributed by atoms with E-state index in [1.54, 1.807) is 32.5 Å². The van der Waals surface area contributed by atoms with Crippen molar-refractivity contribution in [3.63, 3.8) is 0 Å². The Balaban J connectivity index is 1.42. The Morgan fingerprint density at radius 1 is 1.00 bits per heavy atom. The number of anilines is 1. The average molecular weight is 543 g/mol. The maximum atomic E-state index is 13.2. The predicted octanol–water partition coefficient (Wildman–Crippen LogP) is 4.88. The third-order valence-corrected chi connectivity index (χ3v) is 9.43. The minimum atomic E-state index is -3.71. The van der Waals surface area contributed by atoms with Gasteiger partial charge in [-0.2, -0.15) is 4.31 Å². The summed E-state index contributed by atoms with van der Waals surface area (Å²) in [6, 6.07) is 8.85. The normalized spacial score (nSPS) is 14.9.